The third kappa shape index (κ3) is 2.58. The Morgan fingerprint density at radius 3 is 2.53 bits per heavy atom. The van der Waals surface area contributed by atoms with E-state index in [-0.39, 0.29) is 0 Å². The van der Waals surface area contributed by atoms with E-state index in [1.54, 1.807) is 6.07 Å². The molecule has 1 rings (SSSR count). The fraction of sp³-hybridized carbons (Fsp3) is 0.222. The minimum atomic E-state index is -0.460. The van der Waals surface area contributed by atoms with Crippen molar-refractivity contribution in [3.05, 3.63) is 27.3 Å². The van der Waals surface area contributed by atoms with Gasteiger partial charge < -0.3 is 0 Å². The van der Waals surface area contributed by atoms with Crippen LogP contribution in [-0.4, -0.2) is 18.1 Å². The second-order valence-corrected chi connectivity index (χ2v) is 4.25. The lowest BCUT2D eigenvalue weighted by Crippen LogP contribution is -2.48. The molecule has 0 saturated carbocycles. The van der Waals surface area contributed by atoms with Gasteiger partial charge in [-0.25, -0.2) is 21.5 Å². The topological polar surface area (TPSA) is 75.6 Å². The molecule has 0 heterocycles. The van der Waals surface area contributed by atoms with Crippen LogP contribution in [0.5, 0.6) is 0 Å². The van der Waals surface area contributed by atoms with Crippen LogP contribution in [-0.2, 0) is 0 Å². The Hall–Kier alpha value is -0.860. The van der Waals surface area contributed by atoms with E-state index in [1.807, 2.05) is 19.1 Å². The van der Waals surface area contributed by atoms with Crippen LogP contribution >= 0.6 is 22.6 Å². The van der Waals surface area contributed by atoms with E-state index in [1.165, 1.54) is 7.05 Å². The summed E-state index contributed by atoms with van der Waals surface area (Å²) in [7, 11) is 1.45. The van der Waals surface area contributed by atoms with Crippen LogP contribution in [0.3, 0.4) is 0 Å². The number of halogens is 1. The Bertz CT molecular complexity index is 380. The van der Waals surface area contributed by atoms with E-state index >= 15 is 0 Å². The first kappa shape index (κ1) is 12.2. The summed E-state index contributed by atoms with van der Waals surface area (Å²) in [6.45, 7) is 1.95. The molecule has 1 aromatic rings. The second-order valence-electron chi connectivity index (χ2n) is 3.17. The molecule has 0 aliphatic carbocycles. The Balaban J connectivity index is 3.06. The Labute approximate surface area is 102 Å². The van der Waals surface area contributed by atoms with Crippen molar-refractivity contribution in [1.82, 2.24) is 5.01 Å². The van der Waals surface area contributed by atoms with Crippen molar-refractivity contribution in [2.75, 3.05) is 12.1 Å². The third-order valence-corrected chi connectivity index (χ3v) is 3.34. The molecule has 1 aromatic carbocycles. The van der Waals surface area contributed by atoms with Crippen molar-refractivity contribution in [3.63, 3.8) is 0 Å². The number of hydrazine groups is 2. The third-order valence-electron chi connectivity index (χ3n) is 1.94. The van der Waals surface area contributed by atoms with Crippen LogP contribution in [0.25, 0.3) is 0 Å². The highest BCUT2D eigenvalue weighted by molar-refractivity contribution is 14.1. The summed E-state index contributed by atoms with van der Waals surface area (Å²) in [6, 6.07) is 5.11. The number of hydrogen-bond acceptors (Lipinski definition) is 3. The number of benzene rings is 1. The summed E-state index contributed by atoms with van der Waals surface area (Å²) in [5.74, 6) is 11.0. The van der Waals surface area contributed by atoms with Gasteiger partial charge in [0, 0.05) is 10.6 Å². The molecule has 0 aliphatic rings. The molecular weight excluding hydrogens is 307 g/mol. The van der Waals surface area contributed by atoms with Crippen LogP contribution in [0, 0.1) is 10.5 Å². The normalized spacial score (nSPS) is 9.93. The van der Waals surface area contributed by atoms with Crippen LogP contribution in [0.2, 0.25) is 0 Å². The minimum absolute atomic E-state index is 0.460. The molecule has 5 nitrogen and oxygen atoms in total. The van der Waals surface area contributed by atoms with Gasteiger partial charge in [-0.15, -0.1) is 0 Å². The molecule has 0 aromatic heterocycles. The lowest BCUT2D eigenvalue weighted by atomic mass is 10.2. The monoisotopic (exact) mass is 320 g/mol. The van der Waals surface area contributed by atoms with Gasteiger partial charge in [0.1, 0.15) is 0 Å². The zero-order valence-corrected chi connectivity index (χ0v) is 10.7. The Kier molecular flexibility index (Phi) is 3.89. The van der Waals surface area contributed by atoms with Crippen LogP contribution in [0.1, 0.15) is 5.56 Å². The largest absolute Gasteiger partial charge is 0.352 e. The first-order chi connectivity index (χ1) is 6.95. The molecule has 0 fully saturated rings. The zero-order chi connectivity index (χ0) is 11.6. The fourth-order valence-electron chi connectivity index (χ4n) is 1.09. The fourth-order valence-corrected chi connectivity index (χ4v) is 1.71. The number of amides is 2. The van der Waals surface area contributed by atoms with Crippen molar-refractivity contribution in [1.29, 1.82) is 0 Å². The Morgan fingerprint density at radius 2 is 2.00 bits per heavy atom. The summed E-state index contributed by atoms with van der Waals surface area (Å²) in [5.41, 5.74) is 1.72. The smallest absolute Gasteiger partial charge is 0.264 e. The van der Waals surface area contributed by atoms with Crippen molar-refractivity contribution in [3.8, 4) is 0 Å². The molecule has 15 heavy (non-hydrogen) atoms. The molecule has 6 heteroatoms. The number of aryl methyl sites for hydroxylation is 1. The van der Waals surface area contributed by atoms with Gasteiger partial charge in [0.2, 0.25) is 0 Å². The molecule has 82 valence electrons. The van der Waals surface area contributed by atoms with E-state index in [0.29, 0.717) is 5.69 Å². The average Bonchev–Trinajstić information content (AvgIpc) is 2.20. The van der Waals surface area contributed by atoms with E-state index < -0.39 is 6.03 Å². The molecule has 2 amide bonds. The van der Waals surface area contributed by atoms with Crippen molar-refractivity contribution < 1.29 is 4.79 Å². The van der Waals surface area contributed by atoms with E-state index in [0.717, 1.165) is 19.2 Å². The van der Waals surface area contributed by atoms with E-state index in [2.05, 4.69) is 22.6 Å². The summed E-state index contributed by atoms with van der Waals surface area (Å²) in [6.07, 6.45) is 0. The van der Waals surface area contributed by atoms with Gasteiger partial charge in [0.15, 0.2) is 0 Å². The quantitative estimate of drug-likeness (QED) is 0.353. The highest BCUT2D eigenvalue weighted by Crippen LogP contribution is 2.23. The van der Waals surface area contributed by atoms with Gasteiger partial charge in [-0.1, -0.05) is 12.1 Å². The van der Waals surface area contributed by atoms with Gasteiger partial charge in [-0.05, 0) is 41.1 Å². The van der Waals surface area contributed by atoms with Crippen LogP contribution < -0.4 is 16.7 Å². The molecule has 0 radical (unpaired) electrons. The molecule has 0 aliphatic heterocycles. The summed E-state index contributed by atoms with van der Waals surface area (Å²) in [4.78, 5) is 11.5. The standard InChI is InChI=1S/C9H13IN4O/c1-6-4-3-5-7(8(6)10)14(12)9(15)13(2)11/h3-5H,11-12H2,1-2H3. The van der Waals surface area contributed by atoms with Gasteiger partial charge >= 0.3 is 6.03 Å². The number of nitrogens with zero attached hydrogens (tertiary/aromatic N) is 2. The molecule has 0 saturated heterocycles. The van der Waals surface area contributed by atoms with E-state index in [4.69, 9.17) is 11.7 Å². The first-order valence-electron chi connectivity index (χ1n) is 4.27. The number of carbonyl (C=O) groups excluding carboxylic acids is 1. The number of nitrogens with two attached hydrogens (primary N) is 2. The maximum absolute atomic E-state index is 11.5. The Morgan fingerprint density at radius 1 is 1.40 bits per heavy atom. The number of anilines is 1. The van der Waals surface area contributed by atoms with Crippen molar-refractivity contribution >= 4 is 34.3 Å². The first-order valence-corrected chi connectivity index (χ1v) is 5.35. The predicted molar refractivity (Wildman–Crippen MR) is 67.9 cm³/mol. The van der Waals surface area contributed by atoms with E-state index in [9.17, 15) is 4.79 Å². The highest BCUT2D eigenvalue weighted by Gasteiger charge is 2.16. The summed E-state index contributed by atoms with van der Waals surface area (Å²) < 4.78 is 0.938. The number of urea groups is 1. The molecular formula is C9H13IN4O. The SMILES string of the molecule is Cc1cccc(N(N)C(=O)N(C)N)c1I. The lowest BCUT2D eigenvalue weighted by Gasteiger charge is -2.22. The van der Waals surface area contributed by atoms with Crippen LogP contribution in [0.15, 0.2) is 18.2 Å². The van der Waals surface area contributed by atoms with Crippen molar-refractivity contribution in [2.24, 2.45) is 11.7 Å². The molecule has 0 atom stereocenters. The number of hydrogen-bond donors (Lipinski definition) is 2. The minimum Gasteiger partial charge on any atom is -0.264 e. The predicted octanol–water partition coefficient (Wildman–Crippen LogP) is 1.21. The number of carbonyl (C=O) groups is 1. The molecule has 0 unspecified atom stereocenters. The maximum Gasteiger partial charge on any atom is 0.352 e. The van der Waals surface area contributed by atoms with Gasteiger partial charge in [0.05, 0.1) is 5.69 Å². The van der Waals surface area contributed by atoms with Gasteiger partial charge in [-0.3, -0.25) is 5.01 Å². The van der Waals surface area contributed by atoms with Crippen LogP contribution in [0.4, 0.5) is 10.5 Å². The number of rotatable bonds is 1. The molecule has 4 N–H and O–H groups in total. The lowest BCUT2D eigenvalue weighted by molar-refractivity contribution is 0.216. The maximum atomic E-state index is 11.5. The molecule has 0 spiro atoms. The molecule has 0 bridgehead atoms. The summed E-state index contributed by atoms with van der Waals surface area (Å²) >= 11 is 2.14. The summed E-state index contributed by atoms with van der Waals surface area (Å²) in [5, 5.41) is 1.98. The van der Waals surface area contributed by atoms with Gasteiger partial charge in [0.25, 0.3) is 0 Å². The van der Waals surface area contributed by atoms with Crippen molar-refractivity contribution in [2.45, 2.75) is 6.92 Å². The van der Waals surface area contributed by atoms with Gasteiger partial charge in [-0.2, -0.15) is 0 Å². The average molecular weight is 320 g/mol. The highest BCUT2D eigenvalue weighted by atomic mass is 127. The second kappa shape index (κ2) is 4.77. The zero-order valence-electron chi connectivity index (χ0n) is 8.57.